The van der Waals surface area contributed by atoms with Gasteiger partial charge < -0.3 is 21.3 Å². The molecule has 4 aliphatic rings. The second-order valence-electron chi connectivity index (χ2n) is 11.2. The highest BCUT2D eigenvalue weighted by Gasteiger charge is 2.42. The smallest absolute Gasteiger partial charge is 0.251 e. The van der Waals surface area contributed by atoms with E-state index in [9.17, 15) is 14.4 Å². The minimum atomic E-state index is -0.491. The molecule has 4 fully saturated rings. The van der Waals surface area contributed by atoms with Crippen molar-refractivity contribution in [2.75, 3.05) is 10.2 Å². The lowest BCUT2D eigenvalue weighted by atomic mass is 9.96. The van der Waals surface area contributed by atoms with Crippen LogP contribution in [0.4, 0.5) is 11.5 Å². The first-order chi connectivity index (χ1) is 18.0. The van der Waals surface area contributed by atoms with Crippen LogP contribution in [0.25, 0.3) is 0 Å². The first-order valence-electron chi connectivity index (χ1n) is 13.8. The zero-order valence-corrected chi connectivity index (χ0v) is 21.1. The molecule has 194 valence electrons. The number of pyridine rings is 1. The quantitative estimate of drug-likeness (QED) is 0.470. The van der Waals surface area contributed by atoms with Crippen molar-refractivity contribution in [3.05, 3.63) is 53.2 Å². The van der Waals surface area contributed by atoms with E-state index in [1.165, 1.54) is 12.8 Å². The molecule has 0 radical (unpaired) electrons. The van der Waals surface area contributed by atoms with E-state index in [-0.39, 0.29) is 23.7 Å². The lowest BCUT2D eigenvalue weighted by Gasteiger charge is -2.40. The number of benzene rings is 1. The summed E-state index contributed by atoms with van der Waals surface area (Å²) in [5.74, 6) is 0.729. The molecule has 0 unspecified atom stereocenters. The van der Waals surface area contributed by atoms with Crippen LogP contribution in [0.5, 0.6) is 0 Å². The lowest BCUT2D eigenvalue weighted by Crippen LogP contribution is -2.50. The zero-order chi connectivity index (χ0) is 25.5. The molecule has 37 heavy (non-hydrogen) atoms. The Labute approximate surface area is 217 Å². The summed E-state index contributed by atoms with van der Waals surface area (Å²) in [5.41, 5.74) is 7.92. The van der Waals surface area contributed by atoms with Gasteiger partial charge in [0, 0.05) is 53.1 Å². The molecule has 2 amide bonds. The summed E-state index contributed by atoms with van der Waals surface area (Å²) in [6, 6.07) is 10.0. The molecule has 6 rings (SSSR count). The van der Waals surface area contributed by atoms with E-state index in [0.29, 0.717) is 40.5 Å². The largest absolute Gasteiger partial charge is 0.382 e. The van der Waals surface area contributed by atoms with Crippen molar-refractivity contribution >= 4 is 29.1 Å². The number of carbonyl (C=O) groups excluding carboxylic acids is 3. The number of nitrogens with one attached hydrogen (secondary N) is 2. The number of primary amides is 1. The van der Waals surface area contributed by atoms with Gasteiger partial charge in [-0.3, -0.25) is 14.4 Å². The van der Waals surface area contributed by atoms with Gasteiger partial charge in [-0.15, -0.1) is 0 Å². The maximum Gasteiger partial charge on any atom is 0.251 e. The number of fused-ring (bicyclic) bond motifs is 2. The third-order valence-electron chi connectivity index (χ3n) is 8.58. The van der Waals surface area contributed by atoms with Gasteiger partial charge in [0.05, 0.1) is 5.56 Å². The van der Waals surface area contributed by atoms with Crippen LogP contribution in [-0.2, 0) is 0 Å². The van der Waals surface area contributed by atoms with Crippen molar-refractivity contribution in [1.29, 1.82) is 0 Å². The summed E-state index contributed by atoms with van der Waals surface area (Å²) in [5, 5.41) is 6.69. The zero-order valence-electron chi connectivity index (χ0n) is 21.1. The number of hydrogen-bond donors (Lipinski definition) is 3. The van der Waals surface area contributed by atoms with Gasteiger partial charge in [-0.1, -0.05) is 12.8 Å². The number of carbonyl (C=O) groups is 3. The van der Waals surface area contributed by atoms with Crippen LogP contribution >= 0.6 is 0 Å². The molecule has 8 nitrogen and oxygen atoms in total. The number of rotatable bonds is 8. The van der Waals surface area contributed by atoms with E-state index in [2.05, 4.69) is 20.5 Å². The Hall–Kier alpha value is -3.42. The summed E-state index contributed by atoms with van der Waals surface area (Å²) >= 11 is 0. The first-order valence-corrected chi connectivity index (χ1v) is 13.8. The fraction of sp³-hybridized carbons (Fsp3) is 0.517. The van der Waals surface area contributed by atoms with E-state index >= 15 is 0 Å². The Bertz CT molecular complexity index is 1190. The number of anilines is 2. The molecule has 2 saturated heterocycles. The molecular formula is C29H35N5O3. The predicted molar refractivity (Wildman–Crippen MR) is 142 cm³/mol. The topological polar surface area (TPSA) is 117 Å². The SMILES string of the molecule is NC(=O)c1ccc(C(=O)N[C@H]2C[C@H]3CC[C@@H](C2)N3c2ccc(C(=O)C3CC3)cn2)cc1NC1CCCC1. The highest BCUT2D eigenvalue weighted by Crippen LogP contribution is 2.39. The van der Waals surface area contributed by atoms with E-state index in [1.807, 2.05) is 12.1 Å². The minimum Gasteiger partial charge on any atom is -0.382 e. The standard InChI is InChI=1S/C29H35N5O3/c30-28(36)24-11-7-18(13-25(24)32-20-3-1-2-4-20)29(37)33-21-14-22-9-10-23(15-21)34(22)26-12-8-19(16-31-26)27(35)17-5-6-17/h7-8,11-13,16-17,20-23,32H,1-6,9-10,14-15H2,(H2,30,36)(H,33,37)/t21-,22+,23-. The van der Waals surface area contributed by atoms with Crippen LogP contribution in [0.15, 0.2) is 36.5 Å². The molecule has 3 atom stereocenters. The summed E-state index contributed by atoms with van der Waals surface area (Å²) in [4.78, 5) is 44.6. The van der Waals surface area contributed by atoms with Crippen LogP contribution < -0.4 is 21.3 Å². The van der Waals surface area contributed by atoms with Crippen molar-refractivity contribution < 1.29 is 14.4 Å². The summed E-state index contributed by atoms with van der Waals surface area (Å²) in [6.07, 6.45) is 12.1. The minimum absolute atomic E-state index is 0.0824. The number of nitrogens with two attached hydrogens (primary N) is 1. The van der Waals surface area contributed by atoms with E-state index in [1.54, 1.807) is 24.4 Å². The van der Waals surface area contributed by atoms with Gasteiger partial charge in [-0.25, -0.2) is 4.98 Å². The number of piperidine rings is 1. The molecule has 2 aliphatic carbocycles. The van der Waals surface area contributed by atoms with Crippen LogP contribution in [0.2, 0.25) is 0 Å². The Balaban J connectivity index is 1.11. The lowest BCUT2D eigenvalue weighted by molar-refractivity contribution is 0.0924. The van der Waals surface area contributed by atoms with Gasteiger partial charge in [-0.05, 0) is 81.7 Å². The van der Waals surface area contributed by atoms with Crippen LogP contribution in [-0.4, -0.2) is 46.7 Å². The Morgan fingerprint density at radius 2 is 1.57 bits per heavy atom. The number of nitrogens with zero attached hydrogens (tertiary/aromatic N) is 2. The molecule has 1 aromatic heterocycles. The first kappa shape index (κ1) is 23.9. The van der Waals surface area contributed by atoms with Crippen LogP contribution in [0.1, 0.15) is 95.3 Å². The predicted octanol–water partition coefficient (Wildman–Crippen LogP) is 4.06. The molecule has 8 heteroatoms. The van der Waals surface area contributed by atoms with Crippen LogP contribution in [0, 0.1) is 5.92 Å². The number of Topliss-reactive ketones (excluding diaryl/α,β-unsaturated/α-hetero) is 1. The van der Waals surface area contributed by atoms with Crippen molar-refractivity contribution in [3.63, 3.8) is 0 Å². The van der Waals surface area contributed by atoms with Crippen molar-refractivity contribution in [3.8, 4) is 0 Å². The maximum absolute atomic E-state index is 13.2. The monoisotopic (exact) mass is 501 g/mol. The van der Waals surface area contributed by atoms with Gasteiger partial charge in [0.25, 0.3) is 11.8 Å². The number of aromatic nitrogens is 1. The Morgan fingerprint density at radius 1 is 0.865 bits per heavy atom. The van der Waals surface area contributed by atoms with Gasteiger partial charge in [0.1, 0.15) is 5.82 Å². The molecule has 2 saturated carbocycles. The molecular weight excluding hydrogens is 466 g/mol. The normalized spacial score (nSPS) is 25.2. The van der Waals surface area contributed by atoms with Gasteiger partial charge >= 0.3 is 0 Å². The summed E-state index contributed by atoms with van der Waals surface area (Å²) in [7, 11) is 0. The molecule has 3 heterocycles. The molecule has 4 N–H and O–H groups in total. The Morgan fingerprint density at radius 3 is 2.19 bits per heavy atom. The average molecular weight is 502 g/mol. The van der Waals surface area contributed by atoms with Crippen molar-refractivity contribution in [1.82, 2.24) is 10.3 Å². The number of ketones is 1. The molecule has 0 spiro atoms. The maximum atomic E-state index is 13.2. The van der Waals surface area contributed by atoms with E-state index in [4.69, 9.17) is 5.73 Å². The summed E-state index contributed by atoms with van der Waals surface area (Å²) < 4.78 is 0. The van der Waals surface area contributed by atoms with Crippen LogP contribution in [0.3, 0.4) is 0 Å². The third kappa shape index (κ3) is 4.93. The second kappa shape index (κ2) is 9.80. The molecule has 1 aromatic carbocycles. The molecule has 2 aliphatic heterocycles. The van der Waals surface area contributed by atoms with Gasteiger partial charge in [0.15, 0.2) is 5.78 Å². The van der Waals surface area contributed by atoms with Gasteiger partial charge in [-0.2, -0.15) is 0 Å². The molecule has 2 aromatic rings. The van der Waals surface area contributed by atoms with E-state index in [0.717, 1.165) is 57.2 Å². The fourth-order valence-electron chi connectivity index (χ4n) is 6.51. The van der Waals surface area contributed by atoms with Crippen molar-refractivity contribution in [2.24, 2.45) is 11.7 Å². The Kier molecular flexibility index (Phi) is 6.34. The number of amides is 2. The van der Waals surface area contributed by atoms with Crippen molar-refractivity contribution in [2.45, 2.75) is 88.4 Å². The number of hydrogen-bond acceptors (Lipinski definition) is 6. The summed E-state index contributed by atoms with van der Waals surface area (Å²) in [6.45, 7) is 0. The second-order valence-corrected chi connectivity index (χ2v) is 11.2. The molecule has 2 bridgehead atoms. The third-order valence-corrected chi connectivity index (χ3v) is 8.58. The van der Waals surface area contributed by atoms with E-state index < -0.39 is 5.91 Å². The fourth-order valence-corrected chi connectivity index (χ4v) is 6.51. The van der Waals surface area contributed by atoms with Gasteiger partial charge in [0.2, 0.25) is 0 Å². The highest BCUT2D eigenvalue weighted by molar-refractivity contribution is 6.02. The average Bonchev–Trinajstić information content (AvgIpc) is 3.56. The highest BCUT2D eigenvalue weighted by atomic mass is 16.2.